The maximum atomic E-state index is 4.53. The Morgan fingerprint density at radius 1 is 0.765 bits per heavy atom. The van der Waals surface area contributed by atoms with E-state index < -0.39 is 0 Å². The van der Waals surface area contributed by atoms with Crippen LogP contribution in [0, 0.1) is 0 Å². The summed E-state index contributed by atoms with van der Waals surface area (Å²) in [7, 11) is 0. The fraction of sp³-hybridized carbons (Fsp3) is 0. The van der Waals surface area contributed by atoms with E-state index in [4.69, 9.17) is 0 Å². The third-order valence-corrected chi connectivity index (χ3v) is 3.43. The number of nitrogens with zero attached hydrogens (tertiary/aromatic N) is 1. The molecule has 3 rings (SSSR count). The minimum Gasteiger partial charge on any atom is -0.254 e. The van der Waals surface area contributed by atoms with Crippen LogP contribution in [0.15, 0.2) is 65.3 Å². The van der Waals surface area contributed by atoms with Gasteiger partial charge in [-0.3, -0.25) is 4.98 Å². The van der Waals surface area contributed by atoms with Gasteiger partial charge in [0.2, 0.25) is 0 Å². The molecule has 1 aromatic heterocycles. The fourth-order valence-corrected chi connectivity index (χ4v) is 2.43. The molecule has 82 valence electrons. The molecule has 0 N–H and O–H groups in total. The molecule has 2 aromatic carbocycles. The highest BCUT2D eigenvalue weighted by Gasteiger charge is 2.06. The van der Waals surface area contributed by atoms with Crippen LogP contribution in [0.3, 0.4) is 0 Å². The van der Waals surface area contributed by atoms with Crippen LogP contribution >= 0.6 is 15.9 Å². The molecule has 0 bridgehead atoms. The van der Waals surface area contributed by atoms with Crippen molar-refractivity contribution in [3.63, 3.8) is 0 Å². The maximum Gasteiger partial charge on any atom is 0.0781 e. The van der Waals surface area contributed by atoms with Crippen molar-refractivity contribution >= 4 is 26.7 Å². The fourth-order valence-electron chi connectivity index (χ4n) is 1.98. The average Bonchev–Trinajstić information content (AvgIpc) is 2.41. The predicted octanol–water partition coefficient (Wildman–Crippen LogP) is 4.66. The summed E-state index contributed by atoms with van der Waals surface area (Å²) in [6.07, 6.45) is 1.87. The average molecular weight is 284 g/mol. The van der Waals surface area contributed by atoms with E-state index in [0.29, 0.717) is 0 Å². The quantitative estimate of drug-likeness (QED) is 0.633. The summed E-state index contributed by atoms with van der Waals surface area (Å²) in [5.74, 6) is 0. The van der Waals surface area contributed by atoms with Crippen LogP contribution in [0.5, 0.6) is 0 Å². The number of hydrogen-bond donors (Lipinski definition) is 0. The lowest BCUT2D eigenvalue weighted by atomic mass is 10.0. The first-order valence-corrected chi connectivity index (χ1v) is 6.24. The molecule has 2 heteroatoms. The monoisotopic (exact) mass is 283 g/mol. The molecule has 0 fully saturated rings. The van der Waals surface area contributed by atoms with Crippen molar-refractivity contribution in [1.29, 1.82) is 0 Å². The van der Waals surface area contributed by atoms with Crippen LogP contribution in [-0.2, 0) is 0 Å². The lowest BCUT2D eigenvalue weighted by Crippen LogP contribution is -1.86. The summed E-state index contributed by atoms with van der Waals surface area (Å²) >= 11 is 3.54. The Kier molecular flexibility index (Phi) is 2.65. The van der Waals surface area contributed by atoms with Gasteiger partial charge in [-0.05, 0) is 21.3 Å². The zero-order valence-corrected chi connectivity index (χ0v) is 10.7. The minimum absolute atomic E-state index is 1.03. The molecular weight excluding hydrogens is 274 g/mol. The van der Waals surface area contributed by atoms with Crippen molar-refractivity contribution < 1.29 is 0 Å². The summed E-state index contributed by atoms with van der Waals surface area (Å²) in [4.78, 5) is 4.53. The molecule has 0 aliphatic heterocycles. The number of benzene rings is 2. The van der Waals surface area contributed by atoms with E-state index in [0.717, 1.165) is 15.7 Å². The molecule has 0 unspecified atom stereocenters. The molecule has 0 saturated heterocycles. The summed E-state index contributed by atoms with van der Waals surface area (Å²) in [5.41, 5.74) is 2.18. The largest absolute Gasteiger partial charge is 0.254 e. The summed E-state index contributed by atoms with van der Waals surface area (Å²) in [5, 5.41) is 2.37. The van der Waals surface area contributed by atoms with Crippen molar-refractivity contribution in [2.75, 3.05) is 0 Å². The molecule has 1 nitrogen and oxygen atoms in total. The van der Waals surface area contributed by atoms with Gasteiger partial charge in [0, 0.05) is 21.6 Å². The first kappa shape index (κ1) is 10.5. The van der Waals surface area contributed by atoms with E-state index in [-0.39, 0.29) is 0 Å². The number of aromatic nitrogens is 1. The molecule has 0 aliphatic rings. The van der Waals surface area contributed by atoms with Gasteiger partial charge < -0.3 is 0 Å². The Morgan fingerprint density at radius 3 is 2.18 bits per heavy atom. The normalized spacial score (nSPS) is 10.6. The zero-order valence-electron chi connectivity index (χ0n) is 9.10. The zero-order chi connectivity index (χ0) is 11.7. The van der Waals surface area contributed by atoms with Gasteiger partial charge in [0.1, 0.15) is 0 Å². The molecule has 17 heavy (non-hydrogen) atoms. The first-order chi connectivity index (χ1) is 8.36. The van der Waals surface area contributed by atoms with Crippen molar-refractivity contribution in [2.45, 2.75) is 0 Å². The molecule has 3 aromatic rings. The van der Waals surface area contributed by atoms with Crippen LogP contribution in [0.25, 0.3) is 22.0 Å². The van der Waals surface area contributed by atoms with Gasteiger partial charge in [-0.2, -0.15) is 0 Å². The van der Waals surface area contributed by atoms with Crippen molar-refractivity contribution in [2.24, 2.45) is 0 Å². The van der Waals surface area contributed by atoms with Crippen molar-refractivity contribution in [3.8, 4) is 11.3 Å². The van der Waals surface area contributed by atoms with Crippen LogP contribution in [0.4, 0.5) is 0 Å². The van der Waals surface area contributed by atoms with E-state index in [1.807, 2.05) is 36.5 Å². The number of hydrogen-bond acceptors (Lipinski definition) is 1. The number of halogens is 1. The van der Waals surface area contributed by atoms with Gasteiger partial charge in [0.25, 0.3) is 0 Å². The molecule has 0 amide bonds. The SMILES string of the molecule is Brc1cnc(-c2ccccc2)c2ccccc12. The van der Waals surface area contributed by atoms with Crippen molar-refractivity contribution in [1.82, 2.24) is 4.98 Å². The van der Waals surface area contributed by atoms with E-state index in [1.54, 1.807) is 0 Å². The van der Waals surface area contributed by atoms with Gasteiger partial charge in [-0.25, -0.2) is 0 Å². The highest BCUT2D eigenvalue weighted by Crippen LogP contribution is 2.30. The van der Waals surface area contributed by atoms with Gasteiger partial charge in [0.15, 0.2) is 0 Å². The third-order valence-electron chi connectivity index (χ3n) is 2.79. The van der Waals surface area contributed by atoms with Crippen LogP contribution < -0.4 is 0 Å². The van der Waals surface area contributed by atoms with Gasteiger partial charge in [-0.1, -0.05) is 54.6 Å². The Balaban J connectivity index is 2.35. The topological polar surface area (TPSA) is 12.9 Å². The second-order valence-electron chi connectivity index (χ2n) is 3.87. The minimum atomic E-state index is 1.03. The van der Waals surface area contributed by atoms with E-state index >= 15 is 0 Å². The highest BCUT2D eigenvalue weighted by atomic mass is 79.9. The van der Waals surface area contributed by atoms with Crippen LogP contribution in [-0.4, -0.2) is 4.98 Å². The van der Waals surface area contributed by atoms with Gasteiger partial charge >= 0.3 is 0 Å². The summed E-state index contributed by atoms with van der Waals surface area (Å²) < 4.78 is 1.03. The molecule has 0 saturated carbocycles. The molecular formula is C15H10BrN. The third kappa shape index (κ3) is 1.85. The lowest BCUT2D eigenvalue weighted by Gasteiger charge is -2.07. The van der Waals surface area contributed by atoms with E-state index in [2.05, 4.69) is 45.2 Å². The van der Waals surface area contributed by atoms with Crippen molar-refractivity contribution in [3.05, 3.63) is 65.3 Å². The predicted molar refractivity (Wildman–Crippen MR) is 74.9 cm³/mol. The summed E-state index contributed by atoms with van der Waals surface area (Å²) in [6.45, 7) is 0. The second kappa shape index (κ2) is 4.30. The maximum absolute atomic E-state index is 4.53. The Bertz CT molecular complexity index is 662. The number of rotatable bonds is 1. The Hall–Kier alpha value is -1.67. The smallest absolute Gasteiger partial charge is 0.0781 e. The Labute approximate surface area is 108 Å². The molecule has 0 atom stereocenters. The lowest BCUT2D eigenvalue weighted by molar-refractivity contribution is 1.34. The van der Waals surface area contributed by atoms with Gasteiger partial charge in [-0.15, -0.1) is 0 Å². The van der Waals surface area contributed by atoms with Gasteiger partial charge in [0.05, 0.1) is 5.69 Å². The highest BCUT2D eigenvalue weighted by molar-refractivity contribution is 9.10. The molecule has 1 heterocycles. The molecule has 0 spiro atoms. The number of pyridine rings is 1. The van der Waals surface area contributed by atoms with Crippen LogP contribution in [0.2, 0.25) is 0 Å². The first-order valence-electron chi connectivity index (χ1n) is 5.45. The Morgan fingerprint density at radius 2 is 1.41 bits per heavy atom. The molecule has 0 aliphatic carbocycles. The van der Waals surface area contributed by atoms with Crippen LogP contribution in [0.1, 0.15) is 0 Å². The van der Waals surface area contributed by atoms with E-state index in [1.165, 1.54) is 10.8 Å². The second-order valence-corrected chi connectivity index (χ2v) is 4.72. The summed E-state index contributed by atoms with van der Waals surface area (Å²) in [6, 6.07) is 18.6. The van der Waals surface area contributed by atoms with E-state index in [9.17, 15) is 0 Å². The molecule has 0 radical (unpaired) electrons. The standard InChI is InChI=1S/C15H10BrN/c16-14-10-17-15(11-6-2-1-3-7-11)13-9-5-4-8-12(13)14/h1-10H. The number of fused-ring (bicyclic) bond motifs is 1.